The quantitative estimate of drug-likeness (QED) is 0.607. The molecule has 0 aromatic heterocycles. The lowest BCUT2D eigenvalue weighted by Crippen LogP contribution is -2.14. The van der Waals surface area contributed by atoms with E-state index in [1.165, 1.54) is 25.3 Å². The average molecular weight is 402 g/mol. The topological polar surface area (TPSA) is 93.1 Å². The lowest BCUT2D eigenvalue weighted by atomic mass is 10.0. The molecule has 0 saturated carbocycles. The molecule has 29 heavy (non-hydrogen) atoms. The zero-order valence-electron chi connectivity index (χ0n) is 17.3. The minimum absolute atomic E-state index is 0.0240. The Hall–Kier alpha value is -3.02. The number of phenols is 2. The van der Waals surface area contributed by atoms with Crippen molar-refractivity contribution in [1.29, 1.82) is 0 Å². The van der Waals surface area contributed by atoms with Gasteiger partial charge in [-0.2, -0.15) is 0 Å². The van der Waals surface area contributed by atoms with Crippen molar-refractivity contribution in [2.45, 2.75) is 39.5 Å². The number of carbonyl (C=O) groups is 2. The van der Waals surface area contributed by atoms with Crippen LogP contribution in [0.15, 0.2) is 48.5 Å². The van der Waals surface area contributed by atoms with Gasteiger partial charge in [-0.15, -0.1) is 0 Å². The molecule has 158 valence electrons. The van der Waals surface area contributed by atoms with Crippen LogP contribution in [0.2, 0.25) is 0 Å². The van der Waals surface area contributed by atoms with Crippen LogP contribution in [0.3, 0.4) is 0 Å². The van der Waals surface area contributed by atoms with E-state index in [1.54, 1.807) is 30.3 Å². The van der Waals surface area contributed by atoms with E-state index in [9.17, 15) is 14.7 Å². The van der Waals surface area contributed by atoms with Crippen molar-refractivity contribution in [2.75, 3.05) is 13.7 Å². The number of benzene rings is 2. The Morgan fingerprint density at radius 1 is 0.897 bits per heavy atom. The maximum Gasteiger partial charge on any atom is 0.341 e. The lowest BCUT2D eigenvalue weighted by molar-refractivity contribution is 0.0424. The van der Waals surface area contributed by atoms with Crippen LogP contribution in [0.5, 0.6) is 11.5 Å². The second kappa shape index (κ2) is 13.2. The molecule has 2 aromatic carbocycles. The molecule has 0 heterocycles. The van der Waals surface area contributed by atoms with Crippen LogP contribution in [0.4, 0.5) is 0 Å². The number of methoxy groups -OCH3 is 1. The summed E-state index contributed by atoms with van der Waals surface area (Å²) >= 11 is 0. The summed E-state index contributed by atoms with van der Waals surface area (Å²) in [5, 5.41) is 18.7. The van der Waals surface area contributed by atoms with E-state index in [0.29, 0.717) is 12.5 Å². The maximum absolute atomic E-state index is 11.8. The fourth-order valence-electron chi connectivity index (χ4n) is 2.57. The summed E-state index contributed by atoms with van der Waals surface area (Å²) in [5.41, 5.74) is 0.429. The first-order valence-electron chi connectivity index (χ1n) is 9.75. The summed E-state index contributed by atoms with van der Waals surface area (Å²) < 4.78 is 9.68. The highest BCUT2D eigenvalue weighted by atomic mass is 16.5. The number of carbonyl (C=O) groups excluding carboxylic acids is 2. The number of ether oxygens (including phenoxy) is 2. The van der Waals surface area contributed by atoms with Crippen LogP contribution >= 0.6 is 0 Å². The largest absolute Gasteiger partial charge is 0.507 e. The number of hydrogen-bond donors (Lipinski definition) is 2. The number of unbranched alkanes of at least 4 members (excludes halogenated alkanes) is 1. The number of phenolic OH excluding ortho intramolecular Hbond substituents is 2. The standard InChI is InChI=1S/C15H22O3.C8H8O3/c1-3-5-8-12(4-2)11-18-15(17)13-9-6-7-10-14(13)16;1-11-8(10)6-4-2-3-5-7(6)9/h6-7,9-10,12,16H,3-5,8,11H2,1-2H3;2-5,9H,1H3. The number of hydrogen-bond acceptors (Lipinski definition) is 6. The van der Waals surface area contributed by atoms with E-state index in [0.717, 1.165) is 25.7 Å². The van der Waals surface area contributed by atoms with E-state index < -0.39 is 11.9 Å². The first kappa shape index (κ1) is 24.0. The molecule has 0 aliphatic carbocycles. The van der Waals surface area contributed by atoms with Crippen molar-refractivity contribution in [1.82, 2.24) is 0 Å². The second-order valence-corrected chi connectivity index (χ2v) is 6.54. The van der Waals surface area contributed by atoms with Gasteiger partial charge in [0.05, 0.1) is 13.7 Å². The van der Waals surface area contributed by atoms with Crippen LogP contribution in [0, 0.1) is 5.92 Å². The average Bonchev–Trinajstić information content (AvgIpc) is 2.74. The summed E-state index contributed by atoms with van der Waals surface area (Å²) in [6.45, 7) is 4.69. The van der Waals surface area contributed by atoms with E-state index in [-0.39, 0.29) is 22.6 Å². The number of esters is 2. The molecule has 0 aliphatic rings. The third-order valence-corrected chi connectivity index (χ3v) is 4.43. The molecule has 0 amide bonds. The Kier molecular flexibility index (Phi) is 10.9. The molecular weight excluding hydrogens is 372 g/mol. The van der Waals surface area contributed by atoms with Crippen molar-refractivity contribution in [3.63, 3.8) is 0 Å². The van der Waals surface area contributed by atoms with Crippen molar-refractivity contribution in [3.05, 3.63) is 59.7 Å². The summed E-state index contributed by atoms with van der Waals surface area (Å²) in [5.74, 6) is -0.630. The molecule has 2 rings (SSSR count). The highest BCUT2D eigenvalue weighted by molar-refractivity contribution is 5.92. The van der Waals surface area contributed by atoms with Gasteiger partial charge in [0, 0.05) is 0 Å². The minimum Gasteiger partial charge on any atom is -0.507 e. The summed E-state index contributed by atoms with van der Waals surface area (Å²) in [6, 6.07) is 12.7. The van der Waals surface area contributed by atoms with Crippen molar-refractivity contribution in [2.24, 2.45) is 5.92 Å². The van der Waals surface area contributed by atoms with Crippen LogP contribution in [0.1, 0.15) is 60.2 Å². The van der Waals surface area contributed by atoms with Crippen LogP contribution < -0.4 is 0 Å². The van der Waals surface area contributed by atoms with Gasteiger partial charge >= 0.3 is 11.9 Å². The molecule has 0 fully saturated rings. The van der Waals surface area contributed by atoms with E-state index in [1.807, 2.05) is 0 Å². The Labute approximate surface area is 172 Å². The molecule has 0 radical (unpaired) electrons. The predicted molar refractivity (Wildman–Crippen MR) is 111 cm³/mol. The molecule has 1 atom stereocenters. The van der Waals surface area contributed by atoms with Crippen molar-refractivity contribution in [3.8, 4) is 11.5 Å². The van der Waals surface area contributed by atoms with Gasteiger partial charge in [-0.3, -0.25) is 0 Å². The molecule has 6 heteroatoms. The number of para-hydroxylation sites is 2. The van der Waals surface area contributed by atoms with E-state index in [4.69, 9.17) is 9.84 Å². The van der Waals surface area contributed by atoms with Crippen molar-refractivity contribution >= 4 is 11.9 Å². The Morgan fingerprint density at radius 3 is 1.86 bits per heavy atom. The zero-order valence-corrected chi connectivity index (χ0v) is 17.3. The molecule has 1 unspecified atom stereocenters. The highest BCUT2D eigenvalue weighted by Crippen LogP contribution is 2.19. The molecule has 6 nitrogen and oxygen atoms in total. The number of rotatable bonds is 8. The first-order valence-corrected chi connectivity index (χ1v) is 9.75. The van der Waals surface area contributed by atoms with Gasteiger partial charge in [-0.05, 0) is 36.6 Å². The first-order chi connectivity index (χ1) is 13.9. The number of aromatic hydroxyl groups is 2. The van der Waals surface area contributed by atoms with E-state index in [2.05, 4.69) is 18.6 Å². The normalized spacial score (nSPS) is 11.0. The molecule has 0 bridgehead atoms. The van der Waals surface area contributed by atoms with Gasteiger partial charge < -0.3 is 19.7 Å². The van der Waals surface area contributed by atoms with Crippen LogP contribution in [-0.4, -0.2) is 35.9 Å². The van der Waals surface area contributed by atoms with Crippen LogP contribution in [0.25, 0.3) is 0 Å². The molecule has 2 N–H and O–H groups in total. The highest BCUT2D eigenvalue weighted by Gasteiger charge is 2.14. The van der Waals surface area contributed by atoms with Gasteiger partial charge in [0.25, 0.3) is 0 Å². The Balaban J connectivity index is 0.000000326. The fraction of sp³-hybridized carbons (Fsp3) is 0.391. The van der Waals surface area contributed by atoms with E-state index >= 15 is 0 Å². The Morgan fingerprint density at radius 2 is 1.41 bits per heavy atom. The van der Waals surface area contributed by atoms with Gasteiger partial charge in [-0.1, -0.05) is 57.4 Å². The van der Waals surface area contributed by atoms with Gasteiger partial charge in [0.15, 0.2) is 0 Å². The summed E-state index contributed by atoms with van der Waals surface area (Å²) in [4.78, 5) is 22.6. The molecule has 0 aliphatic heterocycles. The van der Waals surface area contributed by atoms with Gasteiger partial charge in [-0.25, -0.2) is 9.59 Å². The minimum atomic E-state index is -0.525. The second-order valence-electron chi connectivity index (χ2n) is 6.54. The zero-order chi connectivity index (χ0) is 21.6. The molecule has 0 spiro atoms. The third kappa shape index (κ3) is 8.25. The van der Waals surface area contributed by atoms with Crippen LogP contribution in [-0.2, 0) is 9.47 Å². The van der Waals surface area contributed by atoms with Gasteiger partial charge in [0.2, 0.25) is 0 Å². The molecule has 0 saturated heterocycles. The smallest absolute Gasteiger partial charge is 0.341 e. The predicted octanol–water partition coefficient (Wildman–Crippen LogP) is 4.94. The fourth-order valence-corrected chi connectivity index (χ4v) is 2.57. The molecule has 2 aromatic rings. The Bertz CT molecular complexity index is 771. The third-order valence-electron chi connectivity index (χ3n) is 4.43. The lowest BCUT2D eigenvalue weighted by Gasteiger charge is -2.14. The monoisotopic (exact) mass is 402 g/mol. The SMILES string of the molecule is CCCCC(CC)COC(=O)c1ccccc1O.COC(=O)c1ccccc1O. The summed E-state index contributed by atoms with van der Waals surface area (Å²) in [6.07, 6.45) is 4.41. The maximum atomic E-state index is 11.8. The molecular formula is C23H30O6. The van der Waals surface area contributed by atoms with Gasteiger partial charge in [0.1, 0.15) is 22.6 Å². The summed E-state index contributed by atoms with van der Waals surface area (Å²) in [7, 11) is 1.27. The van der Waals surface area contributed by atoms with Crippen molar-refractivity contribution < 1.29 is 29.3 Å².